The molecule has 0 aromatic heterocycles. The minimum atomic E-state index is -0.254. The van der Waals surface area contributed by atoms with Crippen molar-refractivity contribution in [2.24, 2.45) is 0 Å². The molecular weight excluding hydrogens is 308 g/mol. The number of halogens is 1. The summed E-state index contributed by atoms with van der Waals surface area (Å²) in [4.78, 5) is 12.5. The van der Waals surface area contributed by atoms with Crippen LogP contribution in [0.15, 0.2) is 48.5 Å². The quantitative estimate of drug-likeness (QED) is 0.832. The Bertz CT molecular complexity index is 674. The van der Waals surface area contributed by atoms with Gasteiger partial charge in [0.1, 0.15) is 0 Å². The highest BCUT2D eigenvalue weighted by Gasteiger charge is 2.36. The molecule has 23 heavy (non-hydrogen) atoms. The van der Waals surface area contributed by atoms with E-state index in [2.05, 4.69) is 5.32 Å². The molecular formula is C19H21ClN2O. The SMILES string of the molecule is Nc1ccc(CC(=O)NC2(c3ccc(Cl)cc3)CCCC2)cc1. The van der Waals surface area contributed by atoms with Crippen molar-refractivity contribution in [1.82, 2.24) is 5.32 Å². The Morgan fingerprint density at radius 2 is 1.65 bits per heavy atom. The summed E-state index contributed by atoms with van der Waals surface area (Å²) in [5, 5.41) is 4.00. The van der Waals surface area contributed by atoms with Gasteiger partial charge in [-0.15, -0.1) is 0 Å². The molecule has 3 rings (SSSR count). The van der Waals surface area contributed by atoms with Gasteiger partial charge in [0.05, 0.1) is 12.0 Å². The van der Waals surface area contributed by atoms with Gasteiger partial charge in [-0.1, -0.05) is 48.7 Å². The zero-order valence-electron chi connectivity index (χ0n) is 13.0. The van der Waals surface area contributed by atoms with E-state index in [0.29, 0.717) is 12.1 Å². The molecule has 1 amide bonds. The van der Waals surface area contributed by atoms with Crippen LogP contribution in [0.3, 0.4) is 0 Å². The topological polar surface area (TPSA) is 55.1 Å². The van der Waals surface area contributed by atoms with Crippen molar-refractivity contribution < 1.29 is 4.79 Å². The Hall–Kier alpha value is -2.00. The first kappa shape index (κ1) is 15.9. The van der Waals surface area contributed by atoms with Gasteiger partial charge in [-0.3, -0.25) is 4.79 Å². The van der Waals surface area contributed by atoms with Gasteiger partial charge in [0.2, 0.25) is 5.91 Å². The van der Waals surface area contributed by atoms with Crippen molar-refractivity contribution in [1.29, 1.82) is 0 Å². The minimum absolute atomic E-state index is 0.0478. The number of benzene rings is 2. The Balaban J connectivity index is 1.75. The molecule has 0 spiro atoms. The largest absolute Gasteiger partial charge is 0.399 e. The maximum absolute atomic E-state index is 12.5. The standard InChI is InChI=1S/C19H21ClN2O/c20-16-7-5-15(6-8-16)19(11-1-2-12-19)22-18(23)13-14-3-9-17(21)10-4-14/h3-10H,1-2,11-13,21H2,(H,22,23). The molecule has 0 radical (unpaired) electrons. The van der Waals surface area contributed by atoms with E-state index in [1.807, 2.05) is 48.5 Å². The number of hydrogen-bond donors (Lipinski definition) is 2. The molecule has 1 aliphatic rings. The lowest BCUT2D eigenvalue weighted by atomic mass is 9.88. The molecule has 1 saturated carbocycles. The predicted molar refractivity (Wildman–Crippen MR) is 94.3 cm³/mol. The van der Waals surface area contributed by atoms with Crippen molar-refractivity contribution in [3.8, 4) is 0 Å². The van der Waals surface area contributed by atoms with Crippen molar-refractivity contribution in [2.45, 2.75) is 37.6 Å². The summed E-state index contributed by atoms with van der Waals surface area (Å²) in [6, 6.07) is 15.3. The molecule has 0 atom stereocenters. The van der Waals surface area contributed by atoms with E-state index in [9.17, 15) is 4.79 Å². The van der Waals surface area contributed by atoms with Crippen molar-refractivity contribution >= 4 is 23.2 Å². The zero-order chi connectivity index (χ0) is 16.3. The summed E-state index contributed by atoms with van der Waals surface area (Å²) >= 11 is 5.99. The number of nitrogens with one attached hydrogen (secondary N) is 1. The lowest BCUT2D eigenvalue weighted by molar-refractivity contribution is -0.122. The van der Waals surface area contributed by atoms with E-state index in [0.717, 1.165) is 41.8 Å². The number of rotatable bonds is 4. The Morgan fingerprint density at radius 3 is 2.26 bits per heavy atom. The minimum Gasteiger partial charge on any atom is -0.399 e. The highest BCUT2D eigenvalue weighted by atomic mass is 35.5. The van der Waals surface area contributed by atoms with Crippen LogP contribution in [-0.2, 0) is 16.8 Å². The van der Waals surface area contributed by atoms with Crippen LogP contribution in [0.1, 0.15) is 36.8 Å². The van der Waals surface area contributed by atoms with Gasteiger partial charge in [0.25, 0.3) is 0 Å². The molecule has 2 aromatic rings. The second-order valence-corrected chi connectivity index (χ2v) is 6.70. The third kappa shape index (κ3) is 3.67. The first-order valence-electron chi connectivity index (χ1n) is 7.99. The lowest BCUT2D eigenvalue weighted by Crippen LogP contribution is -2.44. The van der Waals surface area contributed by atoms with Crippen LogP contribution in [0.25, 0.3) is 0 Å². The normalized spacial score (nSPS) is 16.2. The van der Waals surface area contributed by atoms with E-state index < -0.39 is 0 Å². The average Bonchev–Trinajstić information content (AvgIpc) is 2.99. The summed E-state index contributed by atoms with van der Waals surface area (Å²) in [7, 11) is 0. The number of amides is 1. The van der Waals surface area contributed by atoms with Crippen molar-refractivity contribution in [3.05, 3.63) is 64.7 Å². The fourth-order valence-electron chi connectivity index (χ4n) is 3.37. The fraction of sp³-hybridized carbons (Fsp3) is 0.316. The maximum Gasteiger partial charge on any atom is 0.225 e. The zero-order valence-corrected chi connectivity index (χ0v) is 13.8. The summed E-state index contributed by atoms with van der Waals surface area (Å²) in [6.07, 6.45) is 4.58. The van der Waals surface area contributed by atoms with Gasteiger partial charge in [0.15, 0.2) is 0 Å². The van der Waals surface area contributed by atoms with Gasteiger partial charge in [-0.05, 0) is 48.2 Å². The Labute approximate surface area is 141 Å². The monoisotopic (exact) mass is 328 g/mol. The molecule has 2 aromatic carbocycles. The third-order valence-electron chi connectivity index (χ3n) is 4.58. The Kier molecular flexibility index (Phi) is 4.58. The number of carbonyl (C=O) groups excluding carboxylic acids is 1. The molecule has 120 valence electrons. The van der Waals surface area contributed by atoms with Crippen LogP contribution < -0.4 is 11.1 Å². The van der Waals surface area contributed by atoms with Crippen LogP contribution >= 0.6 is 11.6 Å². The van der Waals surface area contributed by atoms with Crippen molar-refractivity contribution in [3.63, 3.8) is 0 Å². The molecule has 0 heterocycles. The maximum atomic E-state index is 12.5. The van der Waals surface area contributed by atoms with Crippen LogP contribution in [0.2, 0.25) is 5.02 Å². The van der Waals surface area contributed by atoms with E-state index in [1.165, 1.54) is 0 Å². The number of nitrogens with two attached hydrogens (primary N) is 1. The molecule has 1 fully saturated rings. The number of anilines is 1. The number of hydrogen-bond acceptors (Lipinski definition) is 2. The first-order valence-corrected chi connectivity index (χ1v) is 8.37. The predicted octanol–water partition coefficient (Wildman–Crippen LogP) is 4.05. The van der Waals surface area contributed by atoms with E-state index in [1.54, 1.807) is 0 Å². The lowest BCUT2D eigenvalue weighted by Gasteiger charge is -2.31. The molecule has 0 saturated heterocycles. The third-order valence-corrected chi connectivity index (χ3v) is 4.83. The first-order chi connectivity index (χ1) is 11.1. The molecule has 4 heteroatoms. The Morgan fingerprint density at radius 1 is 1.04 bits per heavy atom. The van der Waals surface area contributed by atoms with E-state index in [4.69, 9.17) is 17.3 Å². The molecule has 0 aliphatic heterocycles. The van der Waals surface area contributed by atoms with Crippen LogP contribution in [0, 0.1) is 0 Å². The second kappa shape index (κ2) is 6.63. The van der Waals surface area contributed by atoms with Crippen LogP contribution in [0.5, 0.6) is 0 Å². The fourth-order valence-corrected chi connectivity index (χ4v) is 3.49. The van der Waals surface area contributed by atoms with Gasteiger partial charge < -0.3 is 11.1 Å². The molecule has 0 unspecified atom stereocenters. The smallest absolute Gasteiger partial charge is 0.225 e. The van der Waals surface area contributed by atoms with Gasteiger partial charge in [0, 0.05) is 10.7 Å². The highest BCUT2D eigenvalue weighted by molar-refractivity contribution is 6.30. The summed E-state index contributed by atoms with van der Waals surface area (Å²) < 4.78 is 0. The number of carbonyl (C=O) groups is 1. The molecule has 0 bridgehead atoms. The molecule has 3 N–H and O–H groups in total. The number of nitrogen functional groups attached to an aromatic ring is 1. The van der Waals surface area contributed by atoms with Crippen LogP contribution in [-0.4, -0.2) is 5.91 Å². The molecule has 1 aliphatic carbocycles. The van der Waals surface area contributed by atoms with Gasteiger partial charge in [-0.2, -0.15) is 0 Å². The average molecular weight is 329 g/mol. The summed E-state index contributed by atoms with van der Waals surface area (Å²) in [5.74, 6) is 0.0478. The molecule has 3 nitrogen and oxygen atoms in total. The highest BCUT2D eigenvalue weighted by Crippen LogP contribution is 2.39. The van der Waals surface area contributed by atoms with E-state index in [-0.39, 0.29) is 11.4 Å². The van der Waals surface area contributed by atoms with Gasteiger partial charge >= 0.3 is 0 Å². The summed E-state index contributed by atoms with van der Waals surface area (Å²) in [6.45, 7) is 0. The second-order valence-electron chi connectivity index (χ2n) is 6.26. The van der Waals surface area contributed by atoms with E-state index >= 15 is 0 Å². The van der Waals surface area contributed by atoms with Gasteiger partial charge in [-0.25, -0.2) is 0 Å². The summed E-state index contributed by atoms with van der Waals surface area (Å²) in [5.41, 5.74) is 8.26. The van der Waals surface area contributed by atoms with Crippen LogP contribution in [0.4, 0.5) is 5.69 Å². The van der Waals surface area contributed by atoms with Crippen molar-refractivity contribution in [2.75, 3.05) is 5.73 Å².